The second kappa shape index (κ2) is 7.15. The largest absolute Gasteiger partial charge is 0.307 e. The molecule has 3 aromatic rings. The highest BCUT2D eigenvalue weighted by atomic mass is 32.2. The third-order valence-electron chi connectivity index (χ3n) is 8.33. The smallest absolute Gasteiger partial charge is 0.305 e. The first kappa shape index (κ1) is 20.6. The molecule has 1 N–H and O–H groups in total. The predicted octanol–water partition coefficient (Wildman–Crippen LogP) is 4.56. The van der Waals surface area contributed by atoms with E-state index in [0.717, 1.165) is 16.3 Å². The van der Waals surface area contributed by atoms with Gasteiger partial charge in [-0.25, -0.2) is 4.39 Å². The van der Waals surface area contributed by atoms with E-state index in [9.17, 15) is 18.8 Å². The molecule has 7 unspecified atom stereocenters. The third kappa shape index (κ3) is 2.64. The lowest BCUT2D eigenvalue weighted by Crippen LogP contribution is -2.42. The Hall–Kier alpha value is -2.71. The number of fused-ring (bicyclic) bond motifs is 9. The molecule has 7 atom stereocenters. The highest BCUT2D eigenvalue weighted by molar-refractivity contribution is 8.00. The number of H-pyrrole nitrogens is 1. The van der Waals surface area contributed by atoms with Gasteiger partial charge in [-0.05, 0) is 66.5 Å². The van der Waals surface area contributed by atoms with Crippen molar-refractivity contribution in [2.24, 2.45) is 29.6 Å². The van der Waals surface area contributed by atoms with E-state index >= 15 is 0 Å². The van der Waals surface area contributed by atoms with Crippen LogP contribution in [0.25, 0.3) is 0 Å². The summed E-state index contributed by atoms with van der Waals surface area (Å²) in [6.07, 6.45) is 0.855. The Morgan fingerprint density at radius 1 is 0.971 bits per heavy atom. The maximum absolute atomic E-state index is 13.7. The lowest BCUT2D eigenvalue weighted by Gasteiger charge is -2.43. The van der Waals surface area contributed by atoms with Crippen molar-refractivity contribution in [3.8, 4) is 0 Å². The Morgan fingerprint density at radius 3 is 2.41 bits per heavy atom. The van der Waals surface area contributed by atoms with Crippen molar-refractivity contribution in [1.82, 2.24) is 4.98 Å². The van der Waals surface area contributed by atoms with Crippen molar-refractivity contribution >= 4 is 40.6 Å². The number of rotatable bonds is 2. The van der Waals surface area contributed by atoms with E-state index in [1.807, 2.05) is 12.1 Å². The number of thiazole rings is 1. The number of nitrogens with zero attached hydrogens (tertiary/aromatic N) is 1. The van der Waals surface area contributed by atoms with Gasteiger partial charge in [-0.1, -0.05) is 35.6 Å². The molecule has 0 radical (unpaired) electrons. The van der Waals surface area contributed by atoms with Crippen molar-refractivity contribution in [2.75, 3.05) is 4.90 Å². The Labute approximate surface area is 203 Å². The quantitative estimate of drug-likeness (QED) is 0.533. The van der Waals surface area contributed by atoms with Crippen molar-refractivity contribution in [3.05, 3.63) is 80.0 Å². The number of carbonyl (C=O) groups excluding carboxylic acids is 2. The van der Waals surface area contributed by atoms with Gasteiger partial charge in [-0.3, -0.25) is 19.3 Å². The molecule has 1 aromatic heterocycles. The summed E-state index contributed by atoms with van der Waals surface area (Å²) in [7, 11) is 0. The molecule has 2 aliphatic heterocycles. The lowest BCUT2D eigenvalue weighted by molar-refractivity contribution is -0.123. The second-order valence-electron chi connectivity index (χ2n) is 9.81. The summed E-state index contributed by atoms with van der Waals surface area (Å²) in [6, 6.07) is 13.9. The van der Waals surface area contributed by atoms with Gasteiger partial charge in [-0.2, -0.15) is 0 Å². The Kier molecular flexibility index (Phi) is 4.34. The molecule has 8 heteroatoms. The molecule has 4 aliphatic rings. The maximum atomic E-state index is 13.7. The average molecular weight is 493 g/mol. The van der Waals surface area contributed by atoms with E-state index in [-0.39, 0.29) is 57.4 Å². The molecule has 172 valence electrons. The number of aryl methyl sites for hydroxylation is 1. The summed E-state index contributed by atoms with van der Waals surface area (Å²) in [5.74, 6) is -1.05. The van der Waals surface area contributed by atoms with E-state index < -0.39 is 5.82 Å². The van der Waals surface area contributed by atoms with Gasteiger partial charge in [0.2, 0.25) is 11.8 Å². The van der Waals surface area contributed by atoms with Crippen LogP contribution >= 0.6 is 23.1 Å². The van der Waals surface area contributed by atoms with Crippen LogP contribution in [0.15, 0.2) is 58.4 Å². The zero-order chi connectivity index (χ0) is 23.3. The van der Waals surface area contributed by atoms with Crippen molar-refractivity contribution in [2.45, 2.75) is 29.5 Å². The topological polar surface area (TPSA) is 70.2 Å². The number of benzene rings is 2. The summed E-state index contributed by atoms with van der Waals surface area (Å²) >= 11 is 2.96. The Balaban J connectivity index is 1.34. The fraction of sp³-hybridized carbons (Fsp3) is 0.346. The highest BCUT2D eigenvalue weighted by Crippen LogP contribution is 2.68. The molecular weight excluding hydrogens is 471 g/mol. The van der Waals surface area contributed by atoms with Crippen LogP contribution in [0.3, 0.4) is 0 Å². The number of imide groups is 1. The van der Waals surface area contributed by atoms with Gasteiger partial charge >= 0.3 is 4.87 Å². The van der Waals surface area contributed by atoms with Gasteiger partial charge in [0.25, 0.3) is 0 Å². The summed E-state index contributed by atoms with van der Waals surface area (Å²) in [6.45, 7) is 2.09. The SMILES string of the molecule is Cc1ccccc1C1c2sc(=O)[nH]c2SC2C3CC(C4C(=O)N(c5ccc(F)cc5)C(=O)C34)C12. The van der Waals surface area contributed by atoms with E-state index in [1.54, 1.807) is 11.8 Å². The normalized spacial score (nSPS) is 33.2. The number of hydrogen-bond donors (Lipinski definition) is 1. The summed E-state index contributed by atoms with van der Waals surface area (Å²) in [4.78, 5) is 44.9. The van der Waals surface area contributed by atoms with Crippen LogP contribution in [0.4, 0.5) is 10.1 Å². The van der Waals surface area contributed by atoms with Gasteiger partial charge in [0, 0.05) is 16.0 Å². The van der Waals surface area contributed by atoms with Gasteiger partial charge in [0.05, 0.1) is 22.5 Å². The molecule has 2 saturated carbocycles. The second-order valence-corrected chi connectivity index (χ2v) is 12.0. The van der Waals surface area contributed by atoms with Crippen molar-refractivity contribution in [3.63, 3.8) is 0 Å². The first-order valence-electron chi connectivity index (χ1n) is 11.5. The predicted molar refractivity (Wildman–Crippen MR) is 129 cm³/mol. The number of amides is 2. The minimum absolute atomic E-state index is 0.0325. The number of carbonyl (C=O) groups is 2. The van der Waals surface area contributed by atoms with Crippen LogP contribution in [0.5, 0.6) is 0 Å². The summed E-state index contributed by atoms with van der Waals surface area (Å²) < 4.78 is 13.5. The highest BCUT2D eigenvalue weighted by Gasteiger charge is 2.69. The minimum Gasteiger partial charge on any atom is -0.307 e. The zero-order valence-electron chi connectivity index (χ0n) is 18.2. The number of hydrogen-bond acceptors (Lipinski definition) is 5. The minimum atomic E-state index is -0.397. The van der Waals surface area contributed by atoms with E-state index in [4.69, 9.17) is 0 Å². The monoisotopic (exact) mass is 492 g/mol. The molecule has 2 aromatic carbocycles. The molecule has 2 amide bonds. The molecule has 1 saturated heterocycles. The van der Waals surface area contributed by atoms with Crippen LogP contribution in [0.1, 0.15) is 28.3 Å². The van der Waals surface area contributed by atoms with E-state index in [1.165, 1.54) is 51.6 Å². The molecular formula is C26H21FN2O3S2. The Bertz CT molecular complexity index is 1410. The van der Waals surface area contributed by atoms with Crippen LogP contribution in [-0.4, -0.2) is 22.0 Å². The molecule has 2 bridgehead atoms. The number of aromatic amines is 1. The van der Waals surface area contributed by atoms with Gasteiger partial charge in [0.1, 0.15) is 5.82 Å². The summed E-state index contributed by atoms with van der Waals surface area (Å²) in [5, 5.41) is 1.08. The lowest BCUT2D eigenvalue weighted by atomic mass is 9.67. The van der Waals surface area contributed by atoms with Gasteiger partial charge < -0.3 is 4.98 Å². The molecule has 7 rings (SSSR count). The molecule has 34 heavy (non-hydrogen) atoms. The van der Waals surface area contributed by atoms with Gasteiger partial charge in [0.15, 0.2) is 0 Å². The van der Waals surface area contributed by atoms with Crippen LogP contribution < -0.4 is 9.77 Å². The first-order valence-corrected chi connectivity index (χ1v) is 13.2. The van der Waals surface area contributed by atoms with Crippen molar-refractivity contribution in [1.29, 1.82) is 0 Å². The maximum Gasteiger partial charge on any atom is 0.305 e. The molecule has 3 heterocycles. The van der Waals surface area contributed by atoms with Crippen molar-refractivity contribution < 1.29 is 14.0 Å². The molecule has 3 fully saturated rings. The number of nitrogens with one attached hydrogen (secondary N) is 1. The number of halogens is 1. The van der Waals surface area contributed by atoms with E-state index in [0.29, 0.717) is 5.69 Å². The van der Waals surface area contributed by atoms with Gasteiger partial charge in [-0.15, -0.1) is 11.8 Å². The summed E-state index contributed by atoms with van der Waals surface area (Å²) in [5.41, 5.74) is 2.82. The van der Waals surface area contributed by atoms with E-state index in [2.05, 4.69) is 24.0 Å². The number of thioether (sulfide) groups is 1. The fourth-order valence-electron chi connectivity index (χ4n) is 7.15. The fourth-order valence-corrected chi connectivity index (χ4v) is 10.0. The zero-order valence-corrected chi connectivity index (χ0v) is 19.9. The average Bonchev–Trinajstić information content (AvgIpc) is 3.54. The van der Waals surface area contributed by atoms with Crippen LogP contribution in [0.2, 0.25) is 0 Å². The first-order chi connectivity index (χ1) is 16.4. The number of aromatic nitrogens is 1. The third-order valence-corrected chi connectivity index (χ3v) is 10.9. The Morgan fingerprint density at radius 2 is 1.68 bits per heavy atom. The molecule has 2 aliphatic carbocycles. The standard InChI is InChI=1S/C26H21FN2O3S2/c1-11-4-2-3-5-14(11)17-18-15-10-16(21(18)33-23-22(17)34-26(32)28-23)20-19(15)24(30)29(25(20)31)13-8-6-12(27)7-9-13/h2-9,15-21H,10H2,1H3,(H,28,32). The molecule has 5 nitrogen and oxygen atoms in total. The van der Waals surface area contributed by atoms with Crippen LogP contribution in [0, 0.1) is 42.3 Å². The molecule has 0 spiro atoms. The number of anilines is 1. The van der Waals surface area contributed by atoms with Crippen LogP contribution in [-0.2, 0) is 9.59 Å².